The molecule has 2 aromatic rings. The quantitative estimate of drug-likeness (QED) is 0.708. The number of hydrogen-bond donors (Lipinski definition) is 0. The second-order valence-corrected chi connectivity index (χ2v) is 8.25. The Bertz CT molecular complexity index is 948. The lowest BCUT2D eigenvalue weighted by atomic mass is 9.98. The van der Waals surface area contributed by atoms with Gasteiger partial charge in [-0.25, -0.2) is 8.42 Å². The van der Waals surface area contributed by atoms with Crippen molar-refractivity contribution in [2.45, 2.75) is 19.4 Å². The van der Waals surface area contributed by atoms with Crippen molar-refractivity contribution in [3.63, 3.8) is 0 Å². The monoisotopic (exact) mass is 404 g/mol. The van der Waals surface area contributed by atoms with E-state index in [0.717, 1.165) is 27.5 Å². The first-order chi connectivity index (χ1) is 13.4. The summed E-state index contributed by atoms with van der Waals surface area (Å²) in [4.78, 5) is 0. The van der Waals surface area contributed by atoms with Gasteiger partial charge in [0, 0.05) is 12.5 Å². The molecule has 7 nitrogen and oxygen atoms in total. The Morgan fingerprint density at radius 2 is 1.64 bits per heavy atom. The van der Waals surface area contributed by atoms with E-state index in [1.54, 1.807) is 20.3 Å². The molecule has 3 rings (SSSR count). The van der Waals surface area contributed by atoms with Crippen LogP contribution in [0.25, 0.3) is 0 Å². The lowest BCUT2D eigenvalue weighted by Gasteiger charge is -2.22. The van der Waals surface area contributed by atoms with E-state index in [-0.39, 0.29) is 0 Å². The fraction of sp³-hybridized carbons (Fsp3) is 0.350. The second kappa shape index (κ2) is 8.10. The van der Waals surface area contributed by atoms with Crippen molar-refractivity contribution in [2.24, 2.45) is 5.10 Å². The number of hydrazone groups is 1. The summed E-state index contributed by atoms with van der Waals surface area (Å²) < 4.78 is 42.0. The summed E-state index contributed by atoms with van der Waals surface area (Å²) in [5, 5.41) is 4.41. The van der Waals surface area contributed by atoms with Gasteiger partial charge in [0.05, 0.1) is 38.8 Å². The zero-order chi connectivity index (χ0) is 20.3. The maximum Gasteiger partial charge on any atom is 0.247 e. The second-order valence-electron chi connectivity index (χ2n) is 6.41. The number of benzene rings is 2. The highest BCUT2D eigenvalue weighted by Crippen LogP contribution is 2.37. The van der Waals surface area contributed by atoms with E-state index in [2.05, 4.69) is 5.10 Å². The zero-order valence-corrected chi connectivity index (χ0v) is 17.2. The number of rotatable bonds is 7. The van der Waals surface area contributed by atoms with Crippen LogP contribution in [0.15, 0.2) is 47.6 Å². The SMILES string of the molecule is CCOc1ccc(C2=NN(S(C)(=O)=O)C(c3cc(OC)cc(OC)c3)C2)cc1. The molecule has 1 aliphatic rings. The topological polar surface area (TPSA) is 77.4 Å². The van der Waals surface area contributed by atoms with Crippen LogP contribution in [0.4, 0.5) is 0 Å². The number of sulfonamides is 1. The van der Waals surface area contributed by atoms with E-state index >= 15 is 0 Å². The highest BCUT2D eigenvalue weighted by atomic mass is 32.2. The molecule has 0 spiro atoms. The van der Waals surface area contributed by atoms with Crippen LogP contribution in [-0.2, 0) is 10.0 Å². The molecule has 1 aliphatic heterocycles. The number of ether oxygens (including phenoxy) is 3. The molecular weight excluding hydrogens is 380 g/mol. The van der Waals surface area contributed by atoms with Gasteiger partial charge in [-0.15, -0.1) is 0 Å². The van der Waals surface area contributed by atoms with Gasteiger partial charge in [0.25, 0.3) is 0 Å². The van der Waals surface area contributed by atoms with Crippen molar-refractivity contribution in [1.29, 1.82) is 0 Å². The van der Waals surface area contributed by atoms with Crippen LogP contribution in [0, 0.1) is 0 Å². The molecule has 0 bridgehead atoms. The van der Waals surface area contributed by atoms with Crippen molar-refractivity contribution >= 4 is 15.7 Å². The van der Waals surface area contributed by atoms with Gasteiger partial charge in [-0.3, -0.25) is 0 Å². The molecule has 1 heterocycles. The summed E-state index contributed by atoms with van der Waals surface area (Å²) >= 11 is 0. The molecule has 0 saturated carbocycles. The van der Waals surface area contributed by atoms with Crippen molar-refractivity contribution in [1.82, 2.24) is 4.41 Å². The van der Waals surface area contributed by atoms with Crippen molar-refractivity contribution < 1.29 is 22.6 Å². The van der Waals surface area contributed by atoms with Gasteiger partial charge in [0.1, 0.15) is 17.2 Å². The van der Waals surface area contributed by atoms with Crippen LogP contribution >= 0.6 is 0 Å². The first-order valence-electron chi connectivity index (χ1n) is 8.88. The minimum Gasteiger partial charge on any atom is -0.497 e. The largest absolute Gasteiger partial charge is 0.497 e. The standard InChI is InChI=1S/C20H24N2O5S/c1-5-27-16-8-6-14(7-9-16)19-13-20(22(21-19)28(4,23)24)15-10-17(25-2)12-18(11-15)26-3/h6-12,20H,5,13H2,1-4H3. The smallest absolute Gasteiger partial charge is 0.247 e. The maximum atomic E-state index is 12.4. The Morgan fingerprint density at radius 3 is 2.14 bits per heavy atom. The lowest BCUT2D eigenvalue weighted by Crippen LogP contribution is -2.26. The van der Waals surface area contributed by atoms with Gasteiger partial charge in [-0.05, 0) is 54.4 Å². The molecule has 8 heteroatoms. The highest BCUT2D eigenvalue weighted by molar-refractivity contribution is 7.88. The Kier molecular flexibility index (Phi) is 5.79. The predicted octanol–water partition coefficient (Wildman–Crippen LogP) is 3.21. The molecule has 0 saturated heterocycles. The third kappa shape index (κ3) is 4.22. The molecule has 0 amide bonds. The normalized spacial score (nSPS) is 16.6. The zero-order valence-electron chi connectivity index (χ0n) is 16.4. The van der Waals surface area contributed by atoms with Crippen LogP contribution in [0.3, 0.4) is 0 Å². The first-order valence-corrected chi connectivity index (χ1v) is 10.7. The maximum absolute atomic E-state index is 12.4. The summed E-state index contributed by atoms with van der Waals surface area (Å²) in [6.07, 6.45) is 1.60. The van der Waals surface area contributed by atoms with E-state index in [1.807, 2.05) is 43.3 Å². The average Bonchev–Trinajstić information content (AvgIpc) is 3.14. The Labute approximate surface area is 165 Å². The summed E-state index contributed by atoms with van der Waals surface area (Å²) in [6, 6.07) is 12.4. The van der Waals surface area contributed by atoms with E-state index < -0.39 is 16.1 Å². The van der Waals surface area contributed by atoms with E-state index in [1.165, 1.54) is 0 Å². The molecule has 1 atom stereocenters. The highest BCUT2D eigenvalue weighted by Gasteiger charge is 2.35. The van der Waals surface area contributed by atoms with Gasteiger partial charge in [-0.1, -0.05) is 0 Å². The molecule has 28 heavy (non-hydrogen) atoms. The summed E-state index contributed by atoms with van der Waals surface area (Å²) in [6.45, 7) is 2.51. The van der Waals surface area contributed by atoms with Crippen molar-refractivity contribution in [3.8, 4) is 17.2 Å². The van der Waals surface area contributed by atoms with Crippen molar-refractivity contribution in [3.05, 3.63) is 53.6 Å². The molecule has 0 aromatic heterocycles. The van der Waals surface area contributed by atoms with Crippen LogP contribution in [0.2, 0.25) is 0 Å². The van der Waals surface area contributed by atoms with Crippen LogP contribution in [-0.4, -0.2) is 45.6 Å². The first kappa shape index (κ1) is 20.0. The molecule has 2 aromatic carbocycles. The van der Waals surface area contributed by atoms with E-state index in [0.29, 0.717) is 30.2 Å². The molecule has 1 unspecified atom stereocenters. The lowest BCUT2D eigenvalue weighted by molar-refractivity contribution is 0.340. The number of hydrogen-bond acceptors (Lipinski definition) is 6. The summed E-state index contributed by atoms with van der Waals surface area (Å²) in [7, 11) is -0.439. The number of nitrogens with zero attached hydrogens (tertiary/aromatic N) is 2. The minimum atomic E-state index is -3.56. The fourth-order valence-electron chi connectivity index (χ4n) is 3.15. The van der Waals surface area contributed by atoms with Gasteiger partial charge in [0.15, 0.2) is 0 Å². The van der Waals surface area contributed by atoms with Gasteiger partial charge < -0.3 is 14.2 Å². The minimum absolute atomic E-state index is 0.442. The molecule has 0 fully saturated rings. The summed E-state index contributed by atoms with van der Waals surface area (Å²) in [5.41, 5.74) is 2.31. The fourth-order valence-corrected chi connectivity index (χ4v) is 4.05. The molecule has 150 valence electrons. The average molecular weight is 404 g/mol. The van der Waals surface area contributed by atoms with Crippen LogP contribution in [0.5, 0.6) is 17.2 Å². The van der Waals surface area contributed by atoms with Crippen LogP contribution < -0.4 is 14.2 Å². The molecule has 0 radical (unpaired) electrons. The Balaban J connectivity index is 1.97. The molecule has 0 aliphatic carbocycles. The van der Waals surface area contributed by atoms with Gasteiger partial charge in [-0.2, -0.15) is 9.52 Å². The Morgan fingerprint density at radius 1 is 1.04 bits per heavy atom. The van der Waals surface area contributed by atoms with E-state index in [4.69, 9.17) is 14.2 Å². The molecular formula is C20H24N2O5S. The van der Waals surface area contributed by atoms with E-state index in [9.17, 15) is 8.42 Å². The Hall–Kier alpha value is -2.74. The molecule has 0 N–H and O–H groups in total. The van der Waals surface area contributed by atoms with Crippen molar-refractivity contribution in [2.75, 3.05) is 27.1 Å². The van der Waals surface area contributed by atoms with Gasteiger partial charge >= 0.3 is 0 Å². The van der Waals surface area contributed by atoms with Crippen LogP contribution in [0.1, 0.15) is 30.5 Å². The third-order valence-corrected chi connectivity index (χ3v) is 5.49. The summed E-state index contributed by atoms with van der Waals surface area (Å²) in [5.74, 6) is 1.95. The predicted molar refractivity (Wildman–Crippen MR) is 108 cm³/mol. The number of methoxy groups -OCH3 is 2. The third-order valence-electron chi connectivity index (χ3n) is 4.47. The van der Waals surface area contributed by atoms with Gasteiger partial charge in [0.2, 0.25) is 10.0 Å².